The molecule has 0 aromatic heterocycles. The number of hydrogen-bond donors (Lipinski definition) is 1. The van der Waals surface area contributed by atoms with Crippen LogP contribution in [0.25, 0.3) is 0 Å². The van der Waals surface area contributed by atoms with Gasteiger partial charge in [0.05, 0.1) is 0 Å². The van der Waals surface area contributed by atoms with E-state index in [2.05, 4.69) is 0 Å². The minimum absolute atomic E-state index is 0.255. The molecular formula is C6H13NO2S. The van der Waals surface area contributed by atoms with Crippen molar-refractivity contribution in [2.24, 2.45) is 5.92 Å². The van der Waals surface area contributed by atoms with Gasteiger partial charge >= 0.3 is 0 Å². The summed E-state index contributed by atoms with van der Waals surface area (Å²) in [5.41, 5.74) is 0. The molecule has 60 valence electrons. The Balaban J connectivity index is 2.38. The molecule has 0 aromatic rings. The first-order chi connectivity index (χ1) is 4.63. The Hall–Kier alpha value is 0.0700. The standard InChI is InChI=1S/C6H13NO2S/c1-5(6-3-4-6)7(2)10(8)9/h5-6H,3-4H2,1-2H3,(H,8,9). The number of nitrogens with zero attached hydrogens (tertiary/aromatic N) is 1. The lowest BCUT2D eigenvalue weighted by molar-refractivity contribution is 0.348. The molecule has 0 spiro atoms. The summed E-state index contributed by atoms with van der Waals surface area (Å²) in [6, 6.07) is 0.255. The first-order valence-corrected chi connectivity index (χ1v) is 4.53. The van der Waals surface area contributed by atoms with Crippen LogP contribution in [-0.4, -0.2) is 26.2 Å². The maximum Gasteiger partial charge on any atom is 0.234 e. The van der Waals surface area contributed by atoms with E-state index in [1.165, 1.54) is 17.1 Å². The molecule has 1 aliphatic rings. The molecule has 2 atom stereocenters. The number of rotatable bonds is 3. The summed E-state index contributed by atoms with van der Waals surface area (Å²) in [5, 5.41) is 0. The summed E-state index contributed by atoms with van der Waals surface area (Å²) in [6.07, 6.45) is 2.42. The van der Waals surface area contributed by atoms with Crippen molar-refractivity contribution in [1.82, 2.24) is 4.31 Å². The van der Waals surface area contributed by atoms with Crippen LogP contribution < -0.4 is 0 Å². The van der Waals surface area contributed by atoms with Crippen LogP contribution in [0.15, 0.2) is 0 Å². The smallest absolute Gasteiger partial charge is 0.234 e. The average molecular weight is 163 g/mol. The van der Waals surface area contributed by atoms with Crippen molar-refractivity contribution in [1.29, 1.82) is 0 Å². The zero-order valence-corrected chi connectivity index (χ0v) is 7.10. The van der Waals surface area contributed by atoms with Crippen molar-refractivity contribution in [3.05, 3.63) is 0 Å². The second-order valence-electron chi connectivity index (χ2n) is 2.85. The third kappa shape index (κ3) is 1.78. The summed E-state index contributed by atoms with van der Waals surface area (Å²) >= 11 is -1.79. The summed E-state index contributed by atoms with van der Waals surface area (Å²) < 4.78 is 20.7. The number of hydrogen-bond acceptors (Lipinski definition) is 1. The maximum absolute atomic E-state index is 10.5. The molecule has 0 aromatic carbocycles. The van der Waals surface area contributed by atoms with Gasteiger partial charge in [0.15, 0.2) is 0 Å². The van der Waals surface area contributed by atoms with Crippen molar-refractivity contribution in [2.45, 2.75) is 25.8 Å². The molecule has 1 fully saturated rings. The first kappa shape index (κ1) is 8.17. The lowest BCUT2D eigenvalue weighted by Gasteiger charge is -2.19. The van der Waals surface area contributed by atoms with E-state index in [-0.39, 0.29) is 6.04 Å². The average Bonchev–Trinajstić information content (AvgIpc) is 2.65. The molecule has 10 heavy (non-hydrogen) atoms. The van der Waals surface area contributed by atoms with E-state index in [0.717, 1.165) is 0 Å². The first-order valence-electron chi connectivity index (χ1n) is 3.46. The van der Waals surface area contributed by atoms with E-state index in [4.69, 9.17) is 4.55 Å². The Labute approximate surface area is 63.8 Å². The molecule has 3 nitrogen and oxygen atoms in total. The molecule has 0 amide bonds. The molecule has 1 rings (SSSR count). The van der Waals surface area contributed by atoms with Gasteiger partial charge in [-0.3, -0.25) is 4.55 Å². The summed E-state index contributed by atoms with van der Waals surface area (Å²) in [4.78, 5) is 0. The molecule has 1 saturated carbocycles. The summed E-state index contributed by atoms with van der Waals surface area (Å²) in [5.74, 6) is 0.654. The molecule has 0 saturated heterocycles. The van der Waals surface area contributed by atoms with Crippen molar-refractivity contribution >= 4 is 11.3 Å². The van der Waals surface area contributed by atoms with Crippen molar-refractivity contribution in [3.63, 3.8) is 0 Å². The zero-order chi connectivity index (χ0) is 7.72. The highest BCUT2D eigenvalue weighted by atomic mass is 32.2. The van der Waals surface area contributed by atoms with Crippen LogP contribution in [0.2, 0.25) is 0 Å². The lowest BCUT2D eigenvalue weighted by atomic mass is 10.2. The molecule has 0 bridgehead atoms. The van der Waals surface area contributed by atoms with Crippen LogP contribution in [0.5, 0.6) is 0 Å². The zero-order valence-electron chi connectivity index (χ0n) is 6.28. The van der Waals surface area contributed by atoms with E-state index in [0.29, 0.717) is 5.92 Å². The highest BCUT2D eigenvalue weighted by Gasteiger charge is 2.32. The predicted octanol–water partition coefficient (Wildman–Crippen LogP) is 0.853. The normalized spacial score (nSPS) is 24.8. The fourth-order valence-corrected chi connectivity index (χ4v) is 1.47. The fraction of sp³-hybridized carbons (Fsp3) is 1.00. The van der Waals surface area contributed by atoms with E-state index < -0.39 is 11.3 Å². The van der Waals surface area contributed by atoms with Crippen molar-refractivity contribution in [3.8, 4) is 0 Å². The van der Waals surface area contributed by atoms with E-state index in [1.807, 2.05) is 6.92 Å². The van der Waals surface area contributed by atoms with Gasteiger partial charge in [0.2, 0.25) is 11.3 Å². The van der Waals surface area contributed by atoms with E-state index >= 15 is 0 Å². The second kappa shape index (κ2) is 2.98. The molecule has 4 heteroatoms. The molecule has 1 aliphatic carbocycles. The highest BCUT2D eigenvalue weighted by molar-refractivity contribution is 7.76. The molecule has 0 heterocycles. The van der Waals surface area contributed by atoms with Gasteiger partial charge in [0.25, 0.3) is 0 Å². The van der Waals surface area contributed by atoms with Gasteiger partial charge in [-0.15, -0.1) is 0 Å². The van der Waals surface area contributed by atoms with Crippen LogP contribution in [0.1, 0.15) is 19.8 Å². The monoisotopic (exact) mass is 163 g/mol. The SMILES string of the molecule is CC(C1CC1)N(C)S(=O)O. The maximum atomic E-state index is 10.5. The van der Waals surface area contributed by atoms with Crippen molar-refractivity contribution < 1.29 is 8.76 Å². The van der Waals surface area contributed by atoms with Gasteiger partial charge in [-0.05, 0) is 25.7 Å². The minimum atomic E-state index is -1.79. The van der Waals surface area contributed by atoms with Crippen LogP contribution in [0, 0.1) is 5.92 Å². The predicted molar refractivity (Wildman–Crippen MR) is 40.7 cm³/mol. The van der Waals surface area contributed by atoms with Gasteiger partial charge in [-0.25, -0.2) is 8.51 Å². The van der Waals surface area contributed by atoms with E-state index in [1.54, 1.807) is 7.05 Å². The largest absolute Gasteiger partial charge is 0.294 e. The van der Waals surface area contributed by atoms with Gasteiger partial charge in [-0.2, -0.15) is 0 Å². The van der Waals surface area contributed by atoms with Gasteiger partial charge < -0.3 is 0 Å². The van der Waals surface area contributed by atoms with Crippen LogP contribution in [0.3, 0.4) is 0 Å². The molecule has 0 aliphatic heterocycles. The lowest BCUT2D eigenvalue weighted by Crippen LogP contribution is -2.31. The molecule has 2 unspecified atom stereocenters. The second-order valence-corrected chi connectivity index (χ2v) is 3.89. The van der Waals surface area contributed by atoms with E-state index in [9.17, 15) is 4.21 Å². The molecule has 0 radical (unpaired) electrons. The minimum Gasteiger partial charge on any atom is -0.294 e. The summed E-state index contributed by atoms with van der Waals surface area (Å²) in [7, 11) is 1.68. The Morgan fingerprint density at radius 1 is 1.70 bits per heavy atom. The van der Waals surface area contributed by atoms with Crippen LogP contribution in [-0.2, 0) is 11.3 Å². The van der Waals surface area contributed by atoms with Crippen molar-refractivity contribution in [2.75, 3.05) is 7.05 Å². The summed E-state index contributed by atoms with van der Waals surface area (Å²) in [6.45, 7) is 1.99. The highest BCUT2D eigenvalue weighted by Crippen LogP contribution is 2.34. The van der Waals surface area contributed by atoms with Gasteiger partial charge in [0, 0.05) is 13.1 Å². The Morgan fingerprint density at radius 3 is 2.50 bits per heavy atom. The van der Waals surface area contributed by atoms with Crippen LogP contribution >= 0.6 is 0 Å². The van der Waals surface area contributed by atoms with Gasteiger partial charge in [0.1, 0.15) is 0 Å². The Morgan fingerprint density at radius 2 is 2.20 bits per heavy atom. The molecule has 1 N–H and O–H groups in total. The van der Waals surface area contributed by atoms with Gasteiger partial charge in [-0.1, -0.05) is 0 Å². The molecular weight excluding hydrogens is 150 g/mol. The third-order valence-corrected chi connectivity index (χ3v) is 2.95. The third-order valence-electron chi connectivity index (χ3n) is 2.12. The Kier molecular flexibility index (Phi) is 2.44. The topological polar surface area (TPSA) is 40.5 Å². The quantitative estimate of drug-likeness (QED) is 0.627. The fourth-order valence-electron chi connectivity index (χ4n) is 1.02. The van der Waals surface area contributed by atoms with Crippen LogP contribution in [0.4, 0.5) is 0 Å². The Bertz CT molecular complexity index is 147.